The molecule has 0 radical (unpaired) electrons. The van der Waals surface area contributed by atoms with Crippen molar-refractivity contribution in [3.8, 4) is 5.75 Å². The van der Waals surface area contributed by atoms with Crippen LogP contribution in [-0.4, -0.2) is 57.1 Å². The highest BCUT2D eigenvalue weighted by molar-refractivity contribution is 6.30. The number of nitrogens with one attached hydrogen (secondary N) is 2. The summed E-state index contributed by atoms with van der Waals surface area (Å²) in [6, 6.07) is 7.24. The Hall–Kier alpha value is -0.810. The SMILES string of the molecule is CC[NH+]1CC[NH+](CC(O)COc2ccc(Cl)cc2)CC1. The average molecular weight is 301 g/mol. The molecule has 1 fully saturated rings. The van der Waals surface area contributed by atoms with E-state index >= 15 is 0 Å². The molecule has 1 aromatic rings. The number of halogens is 1. The first-order valence-electron chi connectivity index (χ1n) is 7.41. The third-order valence-electron chi connectivity index (χ3n) is 3.94. The Morgan fingerprint density at radius 3 is 2.35 bits per heavy atom. The fourth-order valence-electron chi connectivity index (χ4n) is 2.63. The third-order valence-corrected chi connectivity index (χ3v) is 4.20. The number of benzene rings is 1. The largest absolute Gasteiger partial charge is 0.491 e. The minimum atomic E-state index is -0.413. The van der Waals surface area contributed by atoms with E-state index in [1.165, 1.54) is 24.5 Å². The summed E-state index contributed by atoms with van der Waals surface area (Å²) in [5, 5.41) is 10.8. The van der Waals surface area contributed by atoms with Crippen LogP contribution in [0.15, 0.2) is 24.3 Å². The van der Waals surface area contributed by atoms with Crippen molar-refractivity contribution >= 4 is 11.6 Å². The fraction of sp³-hybridized carbons (Fsp3) is 0.600. The van der Waals surface area contributed by atoms with Crippen LogP contribution >= 0.6 is 11.6 Å². The molecular formula is C15H25ClN2O2+2. The highest BCUT2D eigenvalue weighted by atomic mass is 35.5. The fourth-order valence-corrected chi connectivity index (χ4v) is 2.76. The summed E-state index contributed by atoms with van der Waals surface area (Å²) in [7, 11) is 0. The van der Waals surface area contributed by atoms with Crippen molar-refractivity contribution in [2.24, 2.45) is 0 Å². The number of rotatable bonds is 6. The van der Waals surface area contributed by atoms with Crippen LogP contribution in [0.3, 0.4) is 0 Å². The summed E-state index contributed by atoms with van der Waals surface area (Å²) in [4.78, 5) is 3.15. The lowest BCUT2D eigenvalue weighted by molar-refractivity contribution is -1.01. The molecule has 0 bridgehead atoms. The van der Waals surface area contributed by atoms with Gasteiger partial charge in [-0.25, -0.2) is 0 Å². The second-order valence-corrected chi connectivity index (χ2v) is 5.91. The average Bonchev–Trinajstić information content (AvgIpc) is 2.47. The molecule has 1 aromatic carbocycles. The van der Waals surface area contributed by atoms with E-state index in [0.717, 1.165) is 25.4 Å². The molecule has 0 aliphatic carbocycles. The van der Waals surface area contributed by atoms with Gasteiger partial charge in [-0.2, -0.15) is 0 Å². The van der Waals surface area contributed by atoms with E-state index in [1.54, 1.807) is 17.0 Å². The number of piperazine rings is 1. The molecule has 5 heteroatoms. The number of hydrogen-bond donors (Lipinski definition) is 3. The Bertz CT molecular complexity index is 391. The number of ether oxygens (including phenoxy) is 1. The van der Waals surface area contributed by atoms with Crippen molar-refractivity contribution in [2.75, 3.05) is 45.9 Å². The van der Waals surface area contributed by atoms with E-state index in [2.05, 4.69) is 6.92 Å². The summed E-state index contributed by atoms with van der Waals surface area (Å²) < 4.78 is 5.58. The lowest BCUT2D eigenvalue weighted by atomic mass is 10.2. The van der Waals surface area contributed by atoms with E-state index in [4.69, 9.17) is 16.3 Å². The zero-order chi connectivity index (χ0) is 14.4. The van der Waals surface area contributed by atoms with Gasteiger partial charge in [-0.15, -0.1) is 0 Å². The maximum absolute atomic E-state index is 10.1. The summed E-state index contributed by atoms with van der Waals surface area (Å²) in [6.07, 6.45) is -0.413. The van der Waals surface area contributed by atoms with Gasteiger partial charge in [0.1, 0.15) is 51.2 Å². The van der Waals surface area contributed by atoms with Crippen LogP contribution in [0.1, 0.15) is 6.92 Å². The van der Waals surface area contributed by atoms with Crippen LogP contribution in [0.4, 0.5) is 0 Å². The molecule has 1 atom stereocenters. The quantitative estimate of drug-likeness (QED) is 0.623. The summed E-state index contributed by atoms with van der Waals surface area (Å²) >= 11 is 5.82. The molecule has 112 valence electrons. The molecule has 1 aliphatic heterocycles. The highest BCUT2D eigenvalue weighted by Gasteiger charge is 2.23. The Morgan fingerprint density at radius 2 is 1.75 bits per heavy atom. The van der Waals surface area contributed by atoms with Crippen molar-refractivity contribution < 1.29 is 19.6 Å². The van der Waals surface area contributed by atoms with Gasteiger partial charge in [0, 0.05) is 5.02 Å². The van der Waals surface area contributed by atoms with Crippen molar-refractivity contribution in [1.82, 2.24) is 0 Å². The van der Waals surface area contributed by atoms with Crippen molar-refractivity contribution in [3.63, 3.8) is 0 Å². The minimum Gasteiger partial charge on any atom is -0.491 e. The Balaban J connectivity index is 1.68. The Labute approximate surface area is 125 Å². The second-order valence-electron chi connectivity index (χ2n) is 5.48. The van der Waals surface area contributed by atoms with E-state index in [9.17, 15) is 5.11 Å². The summed E-state index contributed by atoms with van der Waals surface area (Å²) in [6.45, 7) is 9.24. The Morgan fingerprint density at radius 1 is 1.15 bits per heavy atom. The van der Waals surface area contributed by atoms with Crippen LogP contribution < -0.4 is 14.5 Å². The van der Waals surface area contributed by atoms with Crippen molar-refractivity contribution in [1.29, 1.82) is 0 Å². The number of quaternary nitrogens is 2. The van der Waals surface area contributed by atoms with Gasteiger partial charge in [0.25, 0.3) is 0 Å². The number of aliphatic hydroxyl groups excluding tert-OH is 1. The van der Waals surface area contributed by atoms with Gasteiger partial charge in [0.05, 0.1) is 6.54 Å². The van der Waals surface area contributed by atoms with Crippen LogP contribution in [0.25, 0.3) is 0 Å². The van der Waals surface area contributed by atoms with Crippen LogP contribution in [0.5, 0.6) is 5.75 Å². The lowest BCUT2D eigenvalue weighted by Crippen LogP contribution is -3.28. The molecule has 0 amide bonds. The smallest absolute Gasteiger partial charge is 0.137 e. The molecular weight excluding hydrogens is 276 g/mol. The van der Waals surface area contributed by atoms with E-state index < -0.39 is 6.10 Å². The summed E-state index contributed by atoms with van der Waals surface area (Å²) in [5.74, 6) is 0.753. The monoisotopic (exact) mass is 300 g/mol. The molecule has 0 aromatic heterocycles. The van der Waals surface area contributed by atoms with E-state index in [0.29, 0.717) is 11.6 Å². The Kier molecular flexibility index (Phi) is 6.10. The van der Waals surface area contributed by atoms with Gasteiger partial charge in [-0.05, 0) is 31.2 Å². The third kappa shape index (κ3) is 4.94. The summed E-state index contributed by atoms with van der Waals surface area (Å²) in [5.41, 5.74) is 0. The normalized spacial score (nSPS) is 24.4. The van der Waals surface area contributed by atoms with Gasteiger partial charge in [-0.3, -0.25) is 0 Å². The maximum Gasteiger partial charge on any atom is 0.137 e. The first-order valence-corrected chi connectivity index (χ1v) is 7.78. The van der Waals surface area contributed by atoms with E-state index in [-0.39, 0.29) is 0 Å². The molecule has 1 heterocycles. The number of likely N-dealkylation sites (N-methyl/N-ethyl adjacent to an activating group) is 1. The molecule has 2 rings (SSSR count). The van der Waals surface area contributed by atoms with Gasteiger partial charge >= 0.3 is 0 Å². The predicted octanol–water partition coefficient (Wildman–Crippen LogP) is -1.12. The zero-order valence-corrected chi connectivity index (χ0v) is 12.8. The van der Waals surface area contributed by atoms with Gasteiger partial charge in [0.15, 0.2) is 0 Å². The topological polar surface area (TPSA) is 38.3 Å². The van der Waals surface area contributed by atoms with Crippen LogP contribution in [-0.2, 0) is 0 Å². The molecule has 1 aliphatic rings. The second kappa shape index (κ2) is 7.84. The number of hydrogen-bond acceptors (Lipinski definition) is 2. The lowest BCUT2D eigenvalue weighted by Gasteiger charge is -2.30. The van der Waals surface area contributed by atoms with E-state index in [1.807, 2.05) is 12.1 Å². The number of aliphatic hydroxyl groups is 1. The molecule has 20 heavy (non-hydrogen) atoms. The maximum atomic E-state index is 10.1. The molecule has 1 unspecified atom stereocenters. The zero-order valence-electron chi connectivity index (χ0n) is 12.1. The first kappa shape index (κ1) is 15.6. The van der Waals surface area contributed by atoms with Crippen LogP contribution in [0, 0.1) is 0 Å². The van der Waals surface area contributed by atoms with Gasteiger partial charge < -0.3 is 19.6 Å². The molecule has 4 nitrogen and oxygen atoms in total. The van der Waals surface area contributed by atoms with Crippen LogP contribution in [0.2, 0.25) is 5.02 Å². The van der Waals surface area contributed by atoms with Crippen molar-refractivity contribution in [2.45, 2.75) is 13.0 Å². The minimum absolute atomic E-state index is 0.343. The molecule has 1 saturated heterocycles. The molecule has 0 spiro atoms. The van der Waals surface area contributed by atoms with Crippen molar-refractivity contribution in [3.05, 3.63) is 29.3 Å². The molecule has 3 N–H and O–H groups in total. The van der Waals surface area contributed by atoms with Gasteiger partial charge in [0.2, 0.25) is 0 Å². The standard InChI is InChI=1S/C15H23ClN2O2/c1-2-17-7-9-18(10-8-17)11-14(19)12-20-15-5-3-13(16)4-6-15/h3-6,14,19H,2,7-12H2,1H3/p+2. The predicted molar refractivity (Wildman–Crippen MR) is 79.8 cm³/mol. The molecule has 0 saturated carbocycles. The highest BCUT2D eigenvalue weighted by Crippen LogP contribution is 2.15. The first-order chi connectivity index (χ1) is 9.67. The van der Waals surface area contributed by atoms with Gasteiger partial charge in [-0.1, -0.05) is 11.6 Å².